The zero-order valence-electron chi connectivity index (χ0n) is 8.85. The predicted molar refractivity (Wildman–Crippen MR) is 56.5 cm³/mol. The smallest absolute Gasteiger partial charge is 0.100 e. The molecule has 1 aromatic heterocycles. The molecule has 0 bridgehead atoms. The van der Waals surface area contributed by atoms with Crippen molar-refractivity contribution in [1.29, 1.82) is 0 Å². The van der Waals surface area contributed by atoms with Gasteiger partial charge in [-0.3, -0.25) is 4.98 Å². The highest BCUT2D eigenvalue weighted by molar-refractivity contribution is 5.18. The lowest BCUT2D eigenvalue weighted by atomic mass is 10.0. The molecule has 1 aromatic rings. The first-order valence-corrected chi connectivity index (χ1v) is 5.15. The minimum Gasteiger partial charge on any atom is -0.376 e. The Hall–Kier alpha value is -0.970. The SMILES string of the molecule is Cc1ccc(C(N)C2COCCO2)cn1. The monoisotopic (exact) mass is 208 g/mol. The van der Waals surface area contributed by atoms with Crippen molar-refractivity contribution in [3.05, 3.63) is 29.6 Å². The van der Waals surface area contributed by atoms with Gasteiger partial charge in [0, 0.05) is 11.9 Å². The summed E-state index contributed by atoms with van der Waals surface area (Å²) in [5, 5.41) is 0. The molecule has 82 valence electrons. The number of ether oxygens (including phenoxy) is 2. The molecule has 0 radical (unpaired) electrons. The molecule has 1 fully saturated rings. The van der Waals surface area contributed by atoms with Crippen LogP contribution >= 0.6 is 0 Å². The van der Waals surface area contributed by atoms with Crippen LogP contribution in [-0.4, -0.2) is 30.9 Å². The van der Waals surface area contributed by atoms with Crippen LogP contribution in [0.1, 0.15) is 17.3 Å². The summed E-state index contributed by atoms with van der Waals surface area (Å²) in [7, 11) is 0. The van der Waals surface area contributed by atoms with Gasteiger partial charge in [-0.1, -0.05) is 6.07 Å². The van der Waals surface area contributed by atoms with Gasteiger partial charge in [0.25, 0.3) is 0 Å². The Morgan fingerprint density at radius 1 is 1.47 bits per heavy atom. The average molecular weight is 208 g/mol. The van der Waals surface area contributed by atoms with Crippen LogP contribution in [0.4, 0.5) is 0 Å². The van der Waals surface area contributed by atoms with Gasteiger partial charge in [-0.25, -0.2) is 0 Å². The van der Waals surface area contributed by atoms with E-state index in [1.165, 1.54) is 0 Å². The maximum atomic E-state index is 6.07. The van der Waals surface area contributed by atoms with Crippen molar-refractivity contribution < 1.29 is 9.47 Å². The van der Waals surface area contributed by atoms with Gasteiger partial charge in [0.2, 0.25) is 0 Å². The lowest BCUT2D eigenvalue weighted by molar-refractivity contribution is -0.0976. The van der Waals surface area contributed by atoms with Gasteiger partial charge < -0.3 is 15.2 Å². The number of aryl methyl sites for hydroxylation is 1. The van der Waals surface area contributed by atoms with Crippen molar-refractivity contribution >= 4 is 0 Å². The maximum absolute atomic E-state index is 6.07. The standard InChI is InChI=1S/C11H16N2O2/c1-8-2-3-9(6-13-8)11(12)10-7-14-4-5-15-10/h2-3,6,10-11H,4-5,7,12H2,1H3. The molecule has 0 aromatic carbocycles. The van der Waals surface area contributed by atoms with Gasteiger partial charge in [-0.15, -0.1) is 0 Å². The lowest BCUT2D eigenvalue weighted by Gasteiger charge is -2.28. The zero-order valence-corrected chi connectivity index (χ0v) is 8.85. The zero-order chi connectivity index (χ0) is 10.7. The first-order chi connectivity index (χ1) is 7.27. The van der Waals surface area contributed by atoms with E-state index < -0.39 is 0 Å². The number of aromatic nitrogens is 1. The number of rotatable bonds is 2. The van der Waals surface area contributed by atoms with Crippen molar-refractivity contribution in [3.8, 4) is 0 Å². The Kier molecular flexibility index (Phi) is 3.30. The van der Waals surface area contributed by atoms with E-state index in [2.05, 4.69) is 4.98 Å². The Labute approximate surface area is 89.4 Å². The number of hydrogen-bond donors (Lipinski definition) is 1. The van der Waals surface area contributed by atoms with E-state index in [4.69, 9.17) is 15.2 Å². The van der Waals surface area contributed by atoms with Crippen molar-refractivity contribution in [2.75, 3.05) is 19.8 Å². The summed E-state index contributed by atoms with van der Waals surface area (Å²) in [5.74, 6) is 0. The molecule has 1 saturated heterocycles. The highest BCUT2D eigenvalue weighted by Crippen LogP contribution is 2.18. The fourth-order valence-corrected chi connectivity index (χ4v) is 1.60. The van der Waals surface area contributed by atoms with Crippen LogP contribution in [0.3, 0.4) is 0 Å². The van der Waals surface area contributed by atoms with Crippen molar-refractivity contribution in [3.63, 3.8) is 0 Å². The summed E-state index contributed by atoms with van der Waals surface area (Å²) in [5.41, 5.74) is 8.06. The maximum Gasteiger partial charge on any atom is 0.100 e. The highest BCUT2D eigenvalue weighted by Gasteiger charge is 2.23. The molecule has 0 saturated carbocycles. The molecular weight excluding hydrogens is 192 g/mol. The van der Waals surface area contributed by atoms with Gasteiger partial charge in [0.1, 0.15) is 6.10 Å². The topological polar surface area (TPSA) is 57.4 Å². The molecule has 1 aliphatic rings. The summed E-state index contributed by atoms with van der Waals surface area (Å²) in [4.78, 5) is 4.22. The normalized spacial score (nSPS) is 23.7. The molecule has 1 aliphatic heterocycles. The van der Waals surface area contributed by atoms with Gasteiger partial charge >= 0.3 is 0 Å². The fourth-order valence-electron chi connectivity index (χ4n) is 1.60. The molecule has 4 nitrogen and oxygen atoms in total. The van der Waals surface area contributed by atoms with Gasteiger partial charge in [-0.05, 0) is 18.6 Å². The quantitative estimate of drug-likeness (QED) is 0.781. The molecule has 4 heteroatoms. The number of pyridine rings is 1. The molecule has 2 N–H and O–H groups in total. The van der Waals surface area contributed by atoms with Crippen LogP contribution in [0.15, 0.2) is 18.3 Å². The van der Waals surface area contributed by atoms with E-state index in [1.807, 2.05) is 19.1 Å². The third kappa shape index (κ3) is 2.53. The first kappa shape index (κ1) is 10.5. The second kappa shape index (κ2) is 4.70. The number of nitrogens with two attached hydrogens (primary N) is 1. The summed E-state index contributed by atoms with van der Waals surface area (Å²) in [6.07, 6.45) is 1.75. The Bertz CT molecular complexity index is 307. The van der Waals surface area contributed by atoms with E-state index in [-0.39, 0.29) is 12.1 Å². The van der Waals surface area contributed by atoms with Gasteiger partial charge in [-0.2, -0.15) is 0 Å². The van der Waals surface area contributed by atoms with Gasteiger partial charge in [0.15, 0.2) is 0 Å². The summed E-state index contributed by atoms with van der Waals surface area (Å²) in [6, 6.07) is 3.79. The minimum atomic E-state index is -0.154. The van der Waals surface area contributed by atoms with Crippen molar-refractivity contribution in [1.82, 2.24) is 4.98 Å². The van der Waals surface area contributed by atoms with E-state index in [0.29, 0.717) is 19.8 Å². The second-order valence-corrected chi connectivity index (χ2v) is 3.74. The average Bonchev–Trinajstić information content (AvgIpc) is 2.30. The lowest BCUT2D eigenvalue weighted by Crippen LogP contribution is -2.37. The summed E-state index contributed by atoms with van der Waals surface area (Å²) >= 11 is 0. The van der Waals surface area contributed by atoms with Gasteiger partial charge in [0.05, 0.1) is 25.9 Å². The van der Waals surface area contributed by atoms with Crippen LogP contribution in [-0.2, 0) is 9.47 Å². The highest BCUT2D eigenvalue weighted by atomic mass is 16.6. The molecule has 0 spiro atoms. The summed E-state index contributed by atoms with van der Waals surface area (Å²) < 4.78 is 10.9. The molecule has 2 atom stereocenters. The van der Waals surface area contributed by atoms with Crippen LogP contribution in [0, 0.1) is 6.92 Å². The Morgan fingerprint density at radius 3 is 2.93 bits per heavy atom. The number of hydrogen-bond acceptors (Lipinski definition) is 4. The third-order valence-corrected chi connectivity index (χ3v) is 2.56. The molecule has 0 amide bonds. The Morgan fingerprint density at radius 2 is 2.33 bits per heavy atom. The van der Waals surface area contributed by atoms with E-state index in [0.717, 1.165) is 11.3 Å². The molecule has 2 rings (SSSR count). The van der Waals surface area contributed by atoms with Crippen LogP contribution in [0.2, 0.25) is 0 Å². The molecule has 2 heterocycles. The fraction of sp³-hybridized carbons (Fsp3) is 0.545. The van der Waals surface area contributed by atoms with E-state index >= 15 is 0 Å². The predicted octanol–water partition coefficient (Wildman–Crippen LogP) is 0.805. The van der Waals surface area contributed by atoms with Crippen LogP contribution < -0.4 is 5.73 Å². The minimum absolute atomic E-state index is 0.0525. The first-order valence-electron chi connectivity index (χ1n) is 5.15. The van der Waals surface area contributed by atoms with E-state index in [9.17, 15) is 0 Å². The molecule has 15 heavy (non-hydrogen) atoms. The van der Waals surface area contributed by atoms with E-state index in [1.54, 1.807) is 6.20 Å². The molecular formula is C11H16N2O2. The second-order valence-electron chi connectivity index (χ2n) is 3.74. The molecule has 0 aliphatic carbocycles. The van der Waals surface area contributed by atoms with Crippen molar-refractivity contribution in [2.24, 2.45) is 5.73 Å². The van der Waals surface area contributed by atoms with Crippen LogP contribution in [0.25, 0.3) is 0 Å². The van der Waals surface area contributed by atoms with Crippen LogP contribution in [0.5, 0.6) is 0 Å². The van der Waals surface area contributed by atoms with Crippen molar-refractivity contribution in [2.45, 2.75) is 19.1 Å². The molecule has 2 unspecified atom stereocenters. The number of nitrogens with zero attached hydrogens (tertiary/aromatic N) is 1. The Balaban J connectivity index is 2.05. The largest absolute Gasteiger partial charge is 0.376 e. The third-order valence-electron chi connectivity index (χ3n) is 2.56. The summed E-state index contributed by atoms with van der Waals surface area (Å²) in [6.45, 7) is 3.80.